The standard InChI is InChI=1S/C15H12BClF2O/c16-12-3-6-14(17)11(8-12)7-10-1-4-13(5-2-10)20-9-15(18)19/h1-6,8,15H,7,9H2. The molecule has 0 amide bonds. The van der Waals surface area contributed by atoms with Crippen molar-refractivity contribution in [1.82, 2.24) is 0 Å². The normalized spacial score (nSPS) is 10.8. The highest BCUT2D eigenvalue weighted by molar-refractivity contribution is 6.34. The number of rotatable bonds is 5. The van der Waals surface area contributed by atoms with Crippen LogP contribution in [0, 0.1) is 0 Å². The van der Waals surface area contributed by atoms with Crippen LogP contribution in [0.3, 0.4) is 0 Å². The van der Waals surface area contributed by atoms with E-state index in [9.17, 15) is 8.78 Å². The van der Waals surface area contributed by atoms with Crippen molar-refractivity contribution in [2.75, 3.05) is 6.61 Å². The van der Waals surface area contributed by atoms with Crippen molar-refractivity contribution < 1.29 is 13.5 Å². The predicted molar refractivity (Wildman–Crippen MR) is 77.6 cm³/mol. The van der Waals surface area contributed by atoms with E-state index in [2.05, 4.69) is 0 Å². The first-order valence-electron chi connectivity index (χ1n) is 6.08. The van der Waals surface area contributed by atoms with Crippen LogP contribution in [0.2, 0.25) is 5.02 Å². The Bertz CT molecular complexity index is 573. The molecule has 5 heteroatoms. The van der Waals surface area contributed by atoms with E-state index in [1.807, 2.05) is 18.2 Å². The molecule has 2 rings (SSSR count). The first-order valence-corrected chi connectivity index (χ1v) is 6.46. The highest BCUT2D eigenvalue weighted by atomic mass is 35.5. The van der Waals surface area contributed by atoms with Gasteiger partial charge in [-0.1, -0.05) is 41.3 Å². The summed E-state index contributed by atoms with van der Waals surface area (Å²) in [4.78, 5) is 0. The molecule has 1 nitrogen and oxygen atoms in total. The van der Waals surface area contributed by atoms with Gasteiger partial charge < -0.3 is 4.74 Å². The second-order valence-electron chi connectivity index (χ2n) is 4.37. The van der Waals surface area contributed by atoms with E-state index in [0.29, 0.717) is 22.7 Å². The Hall–Kier alpha value is -1.55. The molecule has 0 unspecified atom stereocenters. The van der Waals surface area contributed by atoms with Crippen molar-refractivity contribution in [3.8, 4) is 5.75 Å². The average Bonchev–Trinajstić information content (AvgIpc) is 2.42. The van der Waals surface area contributed by atoms with Gasteiger partial charge in [0.2, 0.25) is 0 Å². The largest absolute Gasteiger partial charge is 0.488 e. The summed E-state index contributed by atoms with van der Waals surface area (Å²) in [6.45, 7) is -0.597. The van der Waals surface area contributed by atoms with Gasteiger partial charge >= 0.3 is 0 Å². The van der Waals surface area contributed by atoms with Gasteiger partial charge in [0.25, 0.3) is 6.43 Å². The summed E-state index contributed by atoms with van der Waals surface area (Å²) < 4.78 is 29.0. The van der Waals surface area contributed by atoms with Crippen LogP contribution < -0.4 is 10.2 Å². The lowest BCUT2D eigenvalue weighted by Crippen LogP contribution is -2.07. The molecule has 0 spiro atoms. The summed E-state index contributed by atoms with van der Waals surface area (Å²) in [6.07, 6.45) is -1.85. The van der Waals surface area contributed by atoms with E-state index in [-0.39, 0.29) is 0 Å². The van der Waals surface area contributed by atoms with Crippen LogP contribution in [0.15, 0.2) is 42.5 Å². The summed E-state index contributed by atoms with van der Waals surface area (Å²) in [5.41, 5.74) is 2.58. The van der Waals surface area contributed by atoms with Crippen LogP contribution in [-0.4, -0.2) is 20.9 Å². The minimum Gasteiger partial charge on any atom is -0.488 e. The van der Waals surface area contributed by atoms with Crippen LogP contribution in [0.4, 0.5) is 8.78 Å². The minimum atomic E-state index is -2.47. The first-order chi connectivity index (χ1) is 9.54. The first kappa shape index (κ1) is 14.9. The van der Waals surface area contributed by atoms with E-state index in [0.717, 1.165) is 11.1 Å². The Balaban J connectivity index is 2.05. The quantitative estimate of drug-likeness (QED) is 0.768. The van der Waals surface area contributed by atoms with Crippen LogP contribution in [-0.2, 0) is 6.42 Å². The predicted octanol–water partition coefficient (Wildman–Crippen LogP) is 3.37. The fourth-order valence-corrected chi connectivity index (χ4v) is 2.00. The topological polar surface area (TPSA) is 9.23 Å². The van der Waals surface area contributed by atoms with E-state index >= 15 is 0 Å². The summed E-state index contributed by atoms with van der Waals surface area (Å²) in [6, 6.07) is 12.3. The van der Waals surface area contributed by atoms with Gasteiger partial charge in [-0.3, -0.25) is 0 Å². The van der Waals surface area contributed by atoms with Crippen molar-refractivity contribution in [3.05, 3.63) is 58.6 Å². The van der Waals surface area contributed by atoms with Crippen LogP contribution >= 0.6 is 11.6 Å². The number of hydrogen-bond acceptors (Lipinski definition) is 1. The second-order valence-corrected chi connectivity index (χ2v) is 4.78. The average molecular weight is 293 g/mol. The highest BCUT2D eigenvalue weighted by Crippen LogP contribution is 2.20. The maximum absolute atomic E-state index is 12.0. The molecule has 20 heavy (non-hydrogen) atoms. The molecule has 102 valence electrons. The highest BCUT2D eigenvalue weighted by Gasteiger charge is 2.05. The van der Waals surface area contributed by atoms with E-state index < -0.39 is 13.0 Å². The number of ether oxygens (including phenoxy) is 1. The molecule has 0 aliphatic rings. The lowest BCUT2D eigenvalue weighted by molar-refractivity contribution is 0.0819. The molecule has 0 bridgehead atoms. The third-order valence-corrected chi connectivity index (χ3v) is 3.13. The minimum absolute atomic E-state index is 0.424. The van der Waals surface area contributed by atoms with Gasteiger partial charge in [-0.25, -0.2) is 8.78 Å². The molecule has 0 saturated heterocycles. The van der Waals surface area contributed by atoms with E-state index in [1.165, 1.54) is 0 Å². The number of alkyl halides is 2. The molecule has 0 fully saturated rings. The third-order valence-electron chi connectivity index (χ3n) is 2.76. The van der Waals surface area contributed by atoms with Crippen molar-refractivity contribution >= 4 is 24.9 Å². The molecular weight excluding hydrogens is 280 g/mol. The van der Waals surface area contributed by atoms with Gasteiger partial charge in [-0.15, -0.1) is 0 Å². The van der Waals surface area contributed by atoms with Gasteiger partial charge in [0.05, 0.1) is 0 Å². The summed E-state index contributed by atoms with van der Waals surface area (Å²) >= 11 is 6.10. The molecular formula is C15H12BClF2O. The summed E-state index contributed by atoms with van der Waals surface area (Å²) in [5.74, 6) is 0.424. The molecule has 0 atom stereocenters. The van der Waals surface area contributed by atoms with Crippen LogP contribution in [0.1, 0.15) is 11.1 Å². The maximum atomic E-state index is 12.0. The monoisotopic (exact) mass is 292 g/mol. The number of halogens is 3. The smallest absolute Gasteiger partial charge is 0.272 e. The van der Waals surface area contributed by atoms with Gasteiger partial charge in [-0.05, 0) is 35.7 Å². The Morgan fingerprint density at radius 3 is 2.45 bits per heavy atom. The van der Waals surface area contributed by atoms with Gasteiger partial charge in [0, 0.05) is 5.02 Å². The Kier molecular flexibility index (Phi) is 5.02. The molecule has 2 radical (unpaired) electrons. The fourth-order valence-electron chi connectivity index (χ4n) is 1.81. The van der Waals surface area contributed by atoms with Crippen molar-refractivity contribution in [2.45, 2.75) is 12.8 Å². The van der Waals surface area contributed by atoms with Crippen molar-refractivity contribution in [3.63, 3.8) is 0 Å². The molecule has 2 aromatic carbocycles. The summed E-state index contributed by atoms with van der Waals surface area (Å²) in [5, 5.41) is 0.650. The number of hydrogen-bond donors (Lipinski definition) is 0. The van der Waals surface area contributed by atoms with Crippen LogP contribution in [0.25, 0.3) is 0 Å². The molecule has 2 aromatic rings. The van der Waals surface area contributed by atoms with Crippen LogP contribution in [0.5, 0.6) is 5.75 Å². The molecule has 0 aliphatic carbocycles. The van der Waals surface area contributed by atoms with E-state index in [1.54, 1.807) is 24.3 Å². The van der Waals surface area contributed by atoms with Crippen molar-refractivity contribution in [2.24, 2.45) is 0 Å². The lowest BCUT2D eigenvalue weighted by atomic mass is 9.92. The molecule has 0 saturated carbocycles. The van der Waals surface area contributed by atoms with E-state index in [4.69, 9.17) is 24.2 Å². The summed E-state index contributed by atoms with van der Waals surface area (Å²) in [7, 11) is 5.72. The zero-order chi connectivity index (χ0) is 14.5. The Labute approximate surface area is 122 Å². The molecule has 0 aromatic heterocycles. The van der Waals surface area contributed by atoms with Gasteiger partial charge in [0.15, 0.2) is 0 Å². The zero-order valence-electron chi connectivity index (χ0n) is 10.7. The van der Waals surface area contributed by atoms with Crippen molar-refractivity contribution in [1.29, 1.82) is 0 Å². The maximum Gasteiger partial charge on any atom is 0.272 e. The Morgan fingerprint density at radius 2 is 1.80 bits per heavy atom. The fraction of sp³-hybridized carbons (Fsp3) is 0.200. The number of benzene rings is 2. The Morgan fingerprint density at radius 1 is 1.10 bits per heavy atom. The third kappa shape index (κ3) is 4.24. The lowest BCUT2D eigenvalue weighted by Gasteiger charge is -2.08. The van der Waals surface area contributed by atoms with Gasteiger partial charge in [0.1, 0.15) is 20.2 Å². The SMILES string of the molecule is [B]c1ccc(Cl)c(Cc2ccc(OCC(F)F)cc2)c1. The zero-order valence-corrected chi connectivity index (χ0v) is 11.4. The molecule has 0 aliphatic heterocycles. The molecule has 0 N–H and O–H groups in total. The molecule has 0 heterocycles. The van der Waals surface area contributed by atoms with Gasteiger partial charge in [-0.2, -0.15) is 0 Å². The second kappa shape index (κ2) is 6.75.